The minimum absolute atomic E-state index is 0.384. The Bertz CT molecular complexity index is 1300. The zero-order valence-electron chi connectivity index (χ0n) is 23.2. The Kier molecular flexibility index (Phi) is 7.22. The molecule has 0 spiro atoms. The Morgan fingerprint density at radius 2 is 1.79 bits per heavy atom. The average Bonchev–Trinajstić information content (AvgIpc) is 3.17. The molecule has 1 atom stereocenters. The van der Waals surface area contributed by atoms with Crippen LogP contribution < -0.4 is 4.90 Å². The van der Waals surface area contributed by atoms with Crippen molar-refractivity contribution >= 4 is 22.6 Å². The lowest BCUT2D eigenvalue weighted by Gasteiger charge is -2.36. The summed E-state index contributed by atoms with van der Waals surface area (Å²) < 4.78 is 2.46. The molecule has 5 nitrogen and oxygen atoms in total. The van der Waals surface area contributed by atoms with E-state index in [1.807, 2.05) is 6.07 Å². The summed E-state index contributed by atoms with van der Waals surface area (Å²) in [6, 6.07) is 15.4. The molecule has 0 radical (unpaired) electrons. The molecule has 0 amide bonds. The van der Waals surface area contributed by atoms with E-state index in [9.17, 15) is 9.90 Å². The highest BCUT2D eigenvalue weighted by Gasteiger charge is 2.31. The van der Waals surface area contributed by atoms with Crippen LogP contribution in [0.25, 0.3) is 22.2 Å². The van der Waals surface area contributed by atoms with Gasteiger partial charge in [-0.25, -0.2) is 4.79 Å². The summed E-state index contributed by atoms with van der Waals surface area (Å²) >= 11 is 0. The van der Waals surface area contributed by atoms with Crippen LogP contribution in [-0.2, 0) is 6.54 Å². The van der Waals surface area contributed by atoms with Crippen molar-refractivity contribution in [3.8, 4) is 11.3 Å². The Balaban J connectivity index is 1.39. The minimum atomic E-state index is -0.847. The largest absolute Gasteiger partial charge is 0.478 e. The lowest BCUT2D eigenvalue weighted by molar-refractivity contribution is 0.0697. The van der Waals surface area contributed by atoms with Gasteiger partial charge >= 0.3 is 5.97 Å². The number of likely N-dealkylation sites (tertiary alicyclic amines) is 1. The van der Waals surface area contributed by atoms with Crippen LogP contribution in [0.3, 0.4) is 0 Å². The van der Waals surface area contributed by atoms with Crippen LogP contribution in [0.5, 0.6) is 0 Å². The molecular formula is C33H43N3O2. The van der Waals surface area contributed by atoms with Gasteiger partial charge in [0.25, 0.3) is 0 Å². The average molecular weight is 514 g/mol. The second-order valence-electron chi connectivity index (χ2n) is 12.2. The Labute approximate surface area is 227 Å². The van der Waals surface area contributed by atoms with Crippen molar-refractivity contribution < 1.29 is 9.90 Å². The maximum absolute atomic E-state index is 11.9. The normalized spacial score (nSPS) is 20.9. The maximum atomic E-state index is 11.9. The molecule has 2 aromatic carbocycles. The van der Waals surface area contributed by atoms with Crippen LogP contribution in [0.2, 0.25) is 0 Å². The highest BCUT2D eigenvalue weighted by atomic mass is 16.4. The van der Waals surface area contributed by atoms with Crippen LogP contribution in [0.4, 0.5) is 5.69 Å². The number of carboxylic acids is 1. The summed E-state index contributed by atoms with van der Waals surface area (Å²) in [6.45, 7) is 10.0. The van der Waals surface area contributed by atoms with Crippen LogP contribution in [0.1, 0.15) is 87.1 Å². The number of carboxylic acid groups (broad SMARTS) is 1. The highest BCUT2D eigenvalue weighted by Crippen LogP contribution is 2.47. The van der Waals surface area contributed by atoms with Gasteiger partial charge in [0.15, 0.2) is 0 Å². The van der Waals surface area contributed by atoms with E-state index in [0.717, 1.165) is 31.1 Å². The molecule has 1 saturated carbocycles. The molecule has 38 heavy (non-hydrogen) atoms. The van der Waals surface area contributed by atoms with Gasteiger partial charge in [-0.1, -0.05) is 43.5 Å². The Hall–Kier alpha value is -2.79. The first kappa shape index (κ1) is 25.5. The molecule has 1 aliphatic carbocycles. The number of hydrogen-bond acceptors (Lipinski definition) is 3. The molecule has 6 rings (SSSR count). The molecule has 1 saturated heterocycles. The monoisotopic (exact) mass is 513 g/mol. The number of nitrogens with zero attached hydrogens (tertiary/aromatic N) is 3. The van der Waals surface area contributed by atoms with Gasteiger partial charge in [-0.15, -0.1) is 0 Å². The van der Waals surface area contributed by atoms with E-state index in [-0.39, 0.29) is 0 Å². The fraction of sp³-hybridized carbons (Fsp3) is 0.545. The molecule has 2 fully saturated rings. The number of benzene rings is 2. The van der Waals surface area contributed by atoms with Crippen molar-refractivity contribution in [2.75, 3.05) is 31.1 Å². The minimum Gasteiger partial charge on any atom is -0.478 e. The molecule has 2 aliphatic heterocycles. The van der Waals surface area contributed by atoms with E-state index >= 15 is 0 Å². The third kappa shape index (κ3) is 4.75. The fourth-order valence-corrected chi connectivity index (χ4v) is 7.50. The van der Waals surface area contributed by atoms with Gasteiger partial charge in [-0.05, 0) is 88.1 Å². The Morgan fingerprint density at radius 1 is 0.974 bits per heavy atom. The summed E-state index contributed by atoms with van der Waals surface area (Å²) in [5.74, 6) is 0.458. The summed E-state index contributed by atoms with van der Waals surface area (Å²) in [7, 11) is 0. The predicted molar refractivity (Wildman–Crippen MR) is 156 cm³/mol. The van der Waals surface area contributed by atoms with E-state index in [1.54, 1.807) is 6.07 Å². The van der Waals surface area contributed by atoms with E-state index in [1.165, 1.54) is 92.4 Å². The molecule has 5 heteroatoms. The molecule has 3 heterocycles. The Morgan fingerprint density at radius 3 is 2.58 bits per heavy atom. The highest BCUT2D eigenvalue weighted by molar-refractivity contribution is 5.99. The third-order valence-corrected chi connectivity index (χ3v) is 9.55. The number of carbonyl (C=O) groups is 1. The zero-order valence-corrected chi connectivity index (χ0v) is 23.2. The van der Waals surface area contributed by atoms with E-state index in [2.05, 4.69) is 58.5 Å². The molecule has 0 bridgehead atoms. The molecule has 202 valence electrons. The van der Waals surface area contributed by atoms with Crippen LogP contribution in [0, 0.1) is 5.92 Å². The first-order chi connectivity index (χ1) is 18.5. The molecule has 1 N–H and O–H groups in total. The first-order valence-corrected chi connectivity index (χ1v) is 15.0. The molecule has 1 unspecified atom stereocenters. The number of piperidine rings is 1. The summed E-state index contributed by atoms with van der Waals surface area (Å²) in [6.07, 6.45) is 10.2. The summed E-state index contributed by atoms with van der Waals surface area (Å²) in [5, 5.41) is 11.0. The summed E-state index contributed by atoms with van der Waals surface area (Å²) in [4.78, 5) is 17.2. The fourth-order valence-electron chi connectivity index (χ4n) is 7.50. The van der Waals surface area contributed by atoms with Crippen molar-refractivity contribution in [2.24, 2.45) is 5.92 Å². The maximum Gasteiger partial charge on any atom is 0.335 e. The lowest BCUT2D eigenvalue weighted by Crippen LogP contribution is -2.41. The van der Waals surface area contributed by atoms with Crippen LogP contribution in [0.15, 0.2) is 42.5 Å². The molecule has 3 aromatic rings. The van der Waals surface area contributed by atoms with Crippen molar-refractivity contribution in [3.05, 3.63) is 53.6 Å². The SMILES string of the molecule is CC(C)N1CCCC(CCN2CCn3c(c(C4CCCCC4)c4ccc(C(=O)O)cc43)-c3ccccc32)C1. The number of rotatable bonds is 6. The number of hydrogen-bond donors (Lipinski definition) is 1. The van der Waals surface area contributed by atoms with Crippen LogP contribution >= 0.6 is 0 Å². The second kappa shape index (κ2) is 10.8. The lowest BCUT2D eigenvalue weighted by atomic mass is 9.81. The predicted octanol–water partition coefficient (Wildman–Crippen LogP) is 7.38. The molecule has 3 aliphatic rings. The number of fused-ring (bicyclic) bond motifs is 5. The van der Waals surface area contributed by atoms with Gasteiger partial charge in [0.2, 0.25) is 0 Å². The third-order valence-electron chi connectivity index (χ3n) is 9.55. The quantitative estimate of drug-likeness (QED) is 0.373. The first-order valence-electron chi connectivity index (χ1n) is 15.0. The molecule has 1 aromatic heterocycles. The standard InChI is InChI=1S/C33H43N3O2/c1-23(2)35-17-8-9-24(22-35)16-18-34-19-20-36-30-21-26(33(37)38)14-15-27(30)31(25-10-4-3-5-11-25)32(36)28-12-6-7-13-29(28)34/h6-7,12-15,21,23-25H,3-5,8-11,16-20,22H2,1-2H3,(H,37,38). The summed E-state index contributed by atoms with van der Waals surface area (Å²) in [5.41, 5.74) is 6.96. The van der Waals surface area contributed by atoms with Crippen LogP contribution in [-0.4, -0.2) is 52.8 Å². The number of aromatic carboxylic acids is 1. The second-order valence-corrected chi connectivity index (χ2v) is 12.2. The van der Waals surface area contributed by atoms with Gasteiger partial charge in [0.05, 0.1) is 11.3 Å². The smallest absolute Gasteiger partial charge is 0.335 e. The van der Waals surface area contributed by atoms with Crippen molar-refractivity contribution in [3.63, 3.8) is 0 Å². The number of para-hydroxylation sites is 1. The molecular weight excluding hydrogens is 470 g/mol. The van der Waals surface area contributed by atoms with Gasteiger partial charge in [-0.2, -0.15) is 0 Å². The topological polar surface area (TPSA) is 48.7 Å². The van der Waals surface area contributed by atoms with Gasteiger partial charge < -0.3 is 19.5 Å². The van der Waals surface area contributed by atoms with Gasteiger partial charge in [-0.3, -0.25) is 0 Å². The van der Waals surface area contributed by atoms with Gasteiger partial charge in [0, 0.05) is 54.4 Å². The van der Waals surface area contributed by atoms with Crippen molar-refractivity contribution in [1.29, 1.82) is 0 Å². The van der Waals surface area contributed by atoms with Gasteiger partial charge in [0.1, 0.15) is 0 Å². The van der Waals surface area contributed by atoms with Crippen molar-refractivity contribution in [1.82, 2.24) is 9.47 Å². The van der Waals surface area contributed by atoms with E-state index < -0.39 is 5.97 Å². The zero-order chi connectivity index (χ0) is 26.2. The van der Waals surface area contributed by atoms with E-state index in [0.29, 0.717) is 17.5 Å². The van der Waals surface area contributed by atoms with Crippen molar-refractivity contribution in [2.45, 2.75) is 83.7 Å². The number of anilines is 1. The number of aromatic nitrogens is 1. The van der Waals surface area contributed by atoms with E-state index in [4.69, 9.17) is 0 Å².